The zero-order valence-electron chi connectivity index (χ0n) is 9.98. The summed E-state index contributed by atoms with van der Waals surface area (Å²) in [7, 11) is 1.40. The van der Waals surface area contributed by atoms with Crippen LogP contribution < -0.4 is 0 Å². The zero-order chi connectivity index (χ0) is 12.2. The average Bonchev–Trinajstić information content (AvgIpc) is 2.25. The largest absolute Gasteiger partial charge is 0.469 e. The summed E-state index contributed by atoms with van der Waals surface area (Å²) in [5, 5.41) is 0.692. The average molecular weight is 240 g/mol. The number of aryl methyl sites for hydroxylation is 1. The Kier molecular flexibility index (Phi) is 4.29. The third-order valence-corrected chi connectivity index (χ3v) is 3.39. The van der Waals surface area contributed by atoms with Gasteiger partial charge in [-0.1, -0.05) is 11.8 Å². The standard InChI is InChI=1S/C11H16N2O2S/c1-8-5-6-12-10(13-8)16-7-11(2,3)9(14)15-4/h5-6H,7H2,1-4H3. The molecule has 0 fully saturated rings. The van der Waals surface area contributed by atoms with Gasteiger partial charge in [-0.3, -0.25) is 4.79 Å². The van der Waals surface area contributed by atoms with Gasteiger partial charge in [0.15, 0.2) is 5.16 Å². The van der Waals surface area contributed by atoms with E-state index in [1.165, 1.54) is 18.9 Å². The van der Waals surface area contributed by atoms with Crippen molar-refractivity contribution in [1.29, 1.82) is 0 Å². The van der Waals surface area contributed by atoms with E-state index in [1.54, 1.807) is 6.20 Å². The second-order valence-electron chi connectivity index (χ2n) is 4.14. The fourth-order valence-electron chi connectivity index (χ4n) is 1.08. The summed E-state index contributed by atoms with van der Waals surface area (Å²) in [6.45, 7) is 5.61. The lowest BCUT2D eigenvalue weighted by molar-refractivity contribution is -0.149. The number of thioether (sulfide) groups is 1. The van der Waals surface area contributed by atoms with E-state index in [4.69, 9.17) is 4.74 Å². The van der Waals surface area contributed by atoms with Crippen LogP contribution in [0.1, 0.15) is 19.5 Å². The molecule has 0 aliphatic rings. The Morgan fingerprint density at radius 1 is 1.56 bits per heavy atom. The number of ether oxygens (including phenoxy) is 1. The van der Waals surface area contributed by atoms with Gasteiger partial charge >= 0.3 is 5.97 Å². The normalized spacial score (nSPS) is 11.2. The van der Waals surface area contributed by atoms with Crippen molar-refractivity contribution in [3.63, 3.8) is 0 Å². The molecule has 16 heavy (non-hydrogen) atoms. The first kappa shape index (κ1) is 13.0. The molecule has 4 nitrogen and oxygen atoms in total. The molecule has 5 heteroatoms. The summed E-state index contributed by atoms with van der Waals surface area (Å²) in [6.07, 6.45) is 1.72. The van der Waals surface area contributed by atoms with Crippen LogP contribution in [0.4, 0.5) is 0 Å². The topological polar surface area (TPSA) is 52.1 Å². The second kappa shape index (κ2) is 5.30. The lowest BCUT2D eigenvalue weighted by Gasteiger charge is -2.20. The van der Waals surface area contributed by atoms with E-state index in [0.29, 0.717) is 10.9 Å². The van der Waals surface area contributed by atoms with Gasteiger partial charge < -0.3 is 4.74 Å². The monoisotopic (exact) mass is 240 g/mol. The third kappa shape index (κ3) is 3.48. The first-order valence-corrected chi connectivity index (χ1v) is 5.95. The molecule has 0 atom stereocenters. The number of carbonyl (C=O) groups is 1. The first-order valence-electron chi connectivity index (χ1n) is 4.96. The third-order valence-electron chi connectivity index (χ3n) is 2.07. The molecule has 0 saturated carbocycles. The van der Waals surface area contributed by atoms with Gasteiger partial charge in [0.2, 0.25) is 0 Å². The van der Waals surface area contributed by atoms with E-state index in [-0.39, 0.29) is 5.97 Å². The summed E-state index contributed by atoms with van der Waals surface area (Å²) in [5.74, 6) is 0.385. The molecule has 0 aliphatic heterocycles. The van der Waals surface area contributed by atoms with Gasteiger partial charge in [-0.15, -0.1) is 0 Å². The van der Waals surface area contributed by atoms with E-state index in [2.05, 4.69) is 9.97 Å². The number of rotatable bonds is 4. The minimum absolute atomic E-state index is 0.215. The van der Waals surface area contributed by atoms with Crippen LogP contribution in [-0.2, 0) is 9.53 Å². The molecule has 0 spiro atoms. The molecular formula is C11H16N2O2S. The van der Waals surface area contributed by atoms with Crippen LogP contribution in [0.25, 0.3) is 0 Å². The molecule has 0 aromatic carbocycles. The van der Waals surface area contributed by atoms with Gasteiger partial charge in [-0.2, -0.15) is 0 Å². The predicted octanol–water partition coefficient (Wildman–Crippen LogP) is 2.08. The Bertz CT molecular complexity index is 380. The highest BCUT2D eigenvalue weighted by Gasteiger charge is 2.29. The Labute approximate surface area is 99.8 Å². The first-order chi connectivity index (χ1) is 7.45. The highest BCUT2D eigenvalue weighted by molar-refractivity contribution is 7.99. The number of hydrogen-bond donors (Lipinski definition) is 0. The summed E-state index contributed by atoms with van der Waals surface area (Å²) in [5.41, 5.74) is 0.403. The van der Waals surface area contributed by atoms with Crippen LogP contribution in [0.2, 0.25) is 0 Å². The molecule has 1 aromatic heterocycles. The molecule has 0 amide bonds. The lowest BCUT2D eigenvalue weighted by atomic mass is 9.97. The van der Waals surface area contributed by atoms with Crippen LogP contribution in [0.15, 0.2) is 17.4 Å². The molecule has 0 saturated heterocycles. The van der Waals surface area contributed by atoms with Crippen LogP contribution in [0.5, 0.6) is 0 Å². The van der Waals surface area contributed by atoms with E-state index < -0.39 is 5.41 Å². The van der Waals surface area contributed by atoms with E-state index in [0.717, 1.165) is 5.69 Å². The molecule has 1 rings (SSSR count). The maximum atomic E-state index is 11.4. The Morgan fingerprint density at radius 2 is 2.25 bits per heavy atom. The van der Waals surface area contributed by atoms with E-state index in [9.17, 15) is 4.79 Å². The number of nitrogens with zero attached hydrogens (tertiary/aromatic N) is 2. The van der Waals surface area contributed by atoms with Crippen molar-refractivity contribution in [2.24, 2.45) is 5.41 Å². The Morgan fingerprint density at radius 3 is 2.81 bits per heavy atom. The van der Waals surface area contributed by atoms with Gasteiger partial charge in [0, 0.05) is 17.6 Å². The molecule has 0 radical (unpaired) electrons. The number of hydrogen-bond acceptors (Lipinski definition) is 5. The molecular weight excluding hydrogens is 224 g/mol. The van der Waals surface area contributed by atoms with Crippen molar-refractivity contribution in [3.05, 3.63) is 18.0 Å². The van der Waals surface area contributed by atoms with Gasteiger partial charge in [0.05, 0.1) is 12.5 Å². The van der Waals surface area contributed by atoms with Gasteiger partial charge in [0.25, 0.3) is 0 Å². The zero-order valence-corrected chi connectivity index (χ0v) is 10.8. The van der Waals surface area contributed by atoms with Crippen LogP contribution >= 0.6 is 11.8 Å². The minimum atomic E-state index is -0.521. The van der Waals surface area contributed by atoms with Crippen LogP contribution in [0, 0.1) is 12.3 Å². The summed E-state index contributed by atoms with van der Waals surface area (Å²) in [4.78, 5) is 19.8. The fraction of sp³-hybridized carbons (Fsp3) is 0.545. The number of aromatic nitrogens is 2. The van der Waals surface area contributed by atoms with Crippen molar-refractivity contribution >= 4 is 17.7 Å². The Hall–Kier alpha value is -1.10. The fourth-order valence-corrected chi connectivity index (χ4v) is 2.03. The van der Waals surface area contributed by atoms with Gasteiger partial charge in [-0.25, -0.2) is 9.97 Å². The maximum absolute atomic E-state index is 11.4. The quantitative estimate of drug-likeness (QED) is 0.458. The SMILES string of the molecule is COC(=O)C(C)(C)CSc1nccc(C)n1. The van der Waals surface area contributed by atoms with Crippen molar-refractivity contribution in [3.8, 4) is 0 Å². The molecule has 1 heterocycles. The maximum Gasteiger partial charge on any atom is 0.312 e. The molecule has 88 valence electrons. The smallest absolute Gasteiger partial charge is 0.312 e. The minimum Gasteiger partial charge on any atom is -0.469 e. The van der Waals surface area contributed by atoms with Crippen LogP contribution in [-0.4, -0.2) is 28.8 Å². The number of methoxy groups -OCH3 is 1. The highest BCUT2D eigenvalue weighted by Crippen LogP contribution is 2.26. The number of carbonyl (C=O) groups excluding carboxylic acids is 1. The van der Waals surface area contributed by atoms with Gasteiger partial charge in [-0.05, 0) is 26.8 Å². The highest BCUT2D eigenvalue weighted by atomic mass is 32.2. The predicted molar refractivity (Wildman–Crippen MR) is 63.3 cm³/mol. The van der Waals surface area contributed by atoms with Crippen molar-refractivity contribution in [2.45, 2.75) is 25.9 Å². The van der Waals surface area contributed by atoms with Crippen molar-refractivity contribution in [2.75, 3.05) is 12.9 Å². The second-order valence-corrected chi connectivity index (χ2v) is 5.09. The molecule has 0 aliphatic carbocycles. The molecule has 0 unspecified atom stereocenters. The molecule has 0 N–H and O–H groups in total. The van der Waals surface area contributed by atoms with Crippen LogP contribution in [0.3, 0.4) is 0 Å². The summed E-state index contributed by atoms with van der Waals surface area (Å²) < 4.78 is 4.73. The summed E-state index contributed by atoms with van der Waals surface area (Å²) >= 11 is 1.46. The van der Waals surface area contributed by atoms with E-state index in [1.807, 2.05) is 26.8 Å². The Balaban J connectivity index is 2.61. The van der Waals surface area contributed by atoms with Gasteiger partial charge in [0.1, 0.15) is 0 Å². The number of esters is 1. The van der Waals surface area contributed by atoms with Crippen molar-refractivity contribution < 1.29 is 9.53 Å². The lowest BCUT2D eigenvalue weighted by Crippen LogP contribution is -2.28. The van der Waals surface area contributed by atoms with Crippen molar-refractivity contribution in [1.82, 2.24) is 9.97 Å². The van der Waals surface area contributed by atoms with E-state index >= 15 is 0 Å². The molecule has 0 bridgehead atoms. The molecule has 1 aromatic rings. The summed E-state index contributed by atoms with van der Waals surface area (Å²) in [6, 6.07) is 1.84.